The number of rotatable bonds is 6. The Labute approximate surface area is 184 Å². The molecule has 0 saturated carbocycles. The van der Waals surface area contributed by atoms with Crippen molar-refractivity contribution in [3.05, 3.63) is 77.5 Å². The van der Waals surface area contributed by atoms with E-state index in [2.05, 4.69) is 15.3 Å². The van der Waals surface area contributed by atoms with Crippen molar-refractivity contribution in [3.8, 4) is 5.82 Å². The fourth-order valence-electron chi connectivity index (χ4n) is 3.64. The van der Waals surface area contributed by atoms with E-state index < -0.39 is 0 Å². The Hall–Kier alpha value is -2.97. The van der Waals surface area contributed by atoms with Crippen LogP contribution in [0.15, 0.2) is 61.1 Å². The minimum absolute atomic E-state index is 0.183. The van der Waals surface area contributed by atoms with E-state index in [0.29, 0.717) is 16.7 Å². The van der Waals surface area contributed by atoms with Crippen molar-refractivity contribution < 1.29 is 9.53 Å². The lowest BCUT2D eigenvalue weighted by Crippen LogP contribution is -2.32. The van der Waals surface area contributed by atoms with Gasteiger partial charge >= 0.3 is 5.97 Å². The maximum Gasteiger partial charge on any atom is 0.307 e. The SMILES string of the molecule is COC(=O)CCN1C(=S)N[C@H](c2ccccn2)[C@@H]1c1cccn1-c1ccc(Cl)cn1. The molecule has 0 aromatic carbocycles. The molecule has 9 heteroatoms. The number of carbonyl (C=O) groups is 1. The van der Waals surface area contributed by atoms with E-state index in [9.17, 15) is 4.79 Å². The molecule has 3 aromatic heterocycles. The van der Waals surface area contributed by atoms with Gasteiger partial charge in [-0.25, -0.2) is 4.98 Å². The standard InChI is InChI=1S/C21H20ClN5O2S/c1-29-18(28)9-12-27-20(19(25-21(27)30)15-5-2-3-10-23-15)16-6-4-11-26(16)17-8-7-14(22)13-24-17/h2-8,10-11,13,19-20H,9,12H2,1H3,(H,25,30)/t19-,20+/m1/s1. The third-order valence-corrected chi connectivity index (χ3v) is 5.60. The predicted molar refractivity (Wildman–Crippen MR) is 117 cm³/mol. The van der Waals surface area contributed by atoms with Gasteiger partial charge in [0, 0.05) is 30.8 Å². The van der Waals surface area contributed by atoms with Crippen LogP contribution in [-0.4, -0.2) is 44.2 Å². The second kappa shape index (κ2) is 8.81. The van der Waals surface area contributed by atoms with Crippen LogP contribution in [0, 0.1) is 0 Å². The number of thiocarbonyl (C=S) groups is 1. The highest BCUT2D eigenvalue weighted by atomic mass is 35.5. The van der Waals surface area contributed by atoms with Crippen molar-refractivity contribution in [2.45, 2.75) is 18.5 Å². The van der Waals surface area contributed by atoms with Gasteiger partial charge in [0.15, 0.2) is 5.11 Å². The molecular formula is C21H20ClN5O2S. The molecule has 1 N–H and O–H groups in total. The summed E-state index contributed by atoms with van der Waals surface area (Å²) in [4.78, 5) is 22.8. The first-order valence-corrected chi connectivity index (χ1v) is 10.2. The van der Waals surface area contributed by atoms with Gasteiger partial charge in [-0.2, -0.15) is 0 Å². The molecule has 1 fully saturated rings. The van der Waals surface area contributed by atoms with E-state index >= 15 is 0 Å². The van der Waals surface area contributed by atoms with Crippen LogP contribution in [0.25, 0.3) is 5.82 Å². The zero-order chi connectivity index (χ0) is 21.1. The fourth-order valence-corrected chi connectivity index (χ4v) is 4.08. The Bertz CT molecular complexity index is 1040. The first-order valence-electron chi connectivity index (χ1n) is 9.42. The van der Waals surface area contributed by atoms with Crippen molar-refractivity contribution in [3.63, 3.8) is 0 Å². The summed E-state index contributed by atoms with van der Waals surface area (Å²) in [5.41, 5.74) is 1.83. The lowest BCUT2D eigenvalue weighted by molar-refractivity contribution is -0.140. The topological polar surface area (TPSA) is 72.3 Å². The van der Waals surface area contributed by atoms with E-state index in [1.807, 2.05) is 52.1 Å². The largest absolute Gasteiger partial charge is 0.469 e. The summed E-state index contributed by atoms with van der Waals surface area (Å²) in [6, 6.07) is 13.1. The van der Waals surface area contributed by atoms with Gasteiger partial charge in [0.1, 0.15) is 5.82 Å². The number of nitrogens with zero attached hydrogens (tertiary/aromatic N) is 4. The number of hydrogen-bond donors (Lipinski definition) is 1. The first kappa shape index (κ1) is 20.3. The maximum atomic E-state index is 11.8. The van der Waals surface area contributed by atoms with Crippen LogP contribution in [0.5, 0.6) is 0 Å². The molecule has 0 unspecified atom stereocenters. The number of halogens is 1. The van der Waals surface area contributed by atoms with Crippen molar-refractivity contribution in [2.24, 2.45) is 0 Å². The average molecular weight is 442 g/mol. The van der Waals surface area contributed by atoms with Crippen LogP contribution < -0.4 is 5.32 Å². The van der Waals surface area contributed by atoms with E-state index in [4.69, 9.17) is 28.6 Å². The molecule has 1 saturated heterocycles. The Morgan fingerprint density at radius 2 is 2.10 bits per heavy atom. The molecule has 0 radical (unpaired) electrons. The van der Waals surface area contributed by atoms with E-state index in [-0.39, 0.29) is 24.5 Å². The summed E-state index contributed by atoms with van der Waals surface area (Å²) in [5.74, 6) is 0.456. The molecule has 4 heterocycles. The van der Waals surface area contributed by atoms with Crippen LogP contribution in [-0.2, 0) is 9.53 Å². The van der Waals surface area contributed by atoms with Gasteiger partial charge in [0.25, 0.3) is 0 Å². The number of esters is 1. The molecule has 0 amide bonds. The summed E-state index contributed by atoms with van der Waals surface area (Å²) in [7, 11) is 1.38. The van der Waals surface area contributed by atoms with Gasteiger partial charge in [0.2, 0.25) is 0 Å². The van der Waals surface area contributed by atoms with Gasteiger partial charge in [-0.15, -0.1) is 0 Å². The van der Waals surface area contributed by atoms with Crippen LogP contribution >= 0.6 is 23.8 Å². The molecule has 0 spiro atoms. The third kappa shape index (κ3) is 4.01. The first-order chi connectivity index (χ1) is 14.6. The lowest BCUT2D eigenvalue weighted by Gasteiger charge is -2.28. The highest BCUT2D eigenvalue weighted by molar-refractivity contribution is 7.80. The van der Waals surface area contributed by atoms with E-state index in [1.165, 1.54) is 7.11 Å². The summed E-state index contributed by atoms with van der Waals surface area (Å²) < 4.78 is 6.82. The molecule has 7 nitrogen and oxygen atoms in total. The predicted octanol–water partition coefficient (Wildman–Crippen LogP) is 3.46. The number of pyridine rings is 2. The molecular weight excluding hydrogens is 422 g/mol. The van der Waals surface area contributed by atoms with Gasteiger partial charge < -0.3 is 19.5 Å². The highest BCUT2D eigenvalue weighted by Gasteiger charge is 2.41. The molecule has 2 atom stereocenters. The van der Waals surface area contributed by atoms with Gasteiger partial charge in [-0.1, -0.05) is 17.7 Å². The molecule has 30 heavy (non-hydrogen) atoms. The van der Waals surface area contributed by atoms with Crippen LogP contribution in [0.2, 0.25) is 5.02 Å². The highest BCUT2D eigenvalue weighted by Crippen LogP contribution is 2.39. The second-order valence-corrected chi connectivity index (χ2v) is 7.61. The maximum absolute atomic E-state index is 11.8. The summed E-state index contributed by atoms with van der Waals surface area (Å²) in [6.45, 7) is 0.422. The molecule has 154 valence electrons. The van der Waals surface area contributed by atoms with Gasteiger partial charge in [0.05, 0.1) is 36.3 Å². The number of methoxy groups -OCH3 is 1. The number of hydrogen-bond acceptors (Lipinski definition) is 5. The average Bonchev–Trinajstić information content (AvgIpc) is 3.37. The Balaban J connectivity index is 1.75. The number of aromatic nitrogens is 3. The quantitative estimate of drug-likeness (QED) is 0.464. The van der Waals surface area contributed by atoms with Gasteiger partial charge in [-0.05, 0) is 48.6 Å². The lowest BCUT2D eigenvalue weighted by atomic mass is 10.0. The summed E-state index contributed by atoms with van der Waals surface area (Å²) in [5, 5.41) is 4.51. The molecule has 0 bridgehead atoms. The minimum atomic E-state index is -0.285. The van der Waals surface area contributed by atoms with Crippen molar-refractivity contribution in [1.29, 1.82) is 0 Å². The zero-order valence-electron chi connectivity index (χ0n) is 16.2. The smallest absolute Gasteiger partial charge is 0.307 e. The Kier molecular flexibility index (Phi) is 5.96. The van der Waals surface area contributed by atoms with Crippen molar-refractivity contribution in [1.82, 2.24) is 24.8 Å². The summed E-state index contributed by atoms with van der Waals surface area (Å²) >= 11 is 11.6. The van der Waals surface area contributed by atoms with Crippen molar-refractivity contribution in [2.75, 3.05) is 13.7 Å². The Morgan fingerprint density at radius 3 is 2.80 bits per heavy atom. The summed E-state index contributed by atoms with van der Waals surface area (Å²) in [6.07, 6.45) is 5.54. The zero-order valence-corrected chi connectivity index (χ0v) is 17.8. The van der Waals surface area contributed by atoms with Crippen LogP contribution in [0.3, 0.4) is 0 Å². The fraction of sp³-hybridized carbons (Fsp3) is 0.238. The minimum Gasteiger partial charge on any atom is -0.469 e. The van der Waals surface area contributed by atoms with Gasteiger partial charge in [-0.3, -0.25) is 9.78 Å². The number of carbonyl (C=O) groups excluding carboxylic acids is 1. The third-order valence-electron chi connectivity index (χ3n) is 5.02. The number of ether oxygens (including phenoxy) is 1. The monoisotopic (exact) mass is 441 g/mol. The van der Waals surface area contributed by atoms with Crippen molar-refractivity contribution >= 4 is 34.9 Å². The number of nitrogens with one attached hydrogen (secondary N) is 1. The molecule has 1 aliphatic heterocycles. The molecule has 0 aliphatic carbocycles. The second-order valence-electron chi connectivity index (χ2n) is 6.78. The molecule has 3 aromatic rings. The Morgan fingerprint density at radius 1 is 1.23 bits per heavy atom. The molecule has 4 rings (SSSR count). The van der Waals surface area contributed by atoms with E-state index in [1.54, 1.807) is 18.5 Å². The van der Waals surface area contributed by atoms with Crippen LogP contribution in [0.4, 0.5) is 0 Å². The molecule has 1 aliphatic rings. The van der Waals surface area contributed by atoms with Crippen LogP contribution in [0.1, 0.15) is 29.9 Å². The normalized spacial score (nSPS) is 18.3. The van der Waals surface area contributed by atoms with E-state index in [0.717, 1.165) is 17.2 Å².